The lowest BCUT2D eigenvalue weighted by Crippen LogP contribution is -2.01. The van der Waals surface area contributed by atoms with Gasteiger partial charge in [0.05, 0.1) is 0 Å². The maximum Gasteiger partial charge on any atom is 0.252 e. The number of rotatable bonds is 1. The second-order valence-corrected chi connectivity index (χ2v) is 2.08. The molecule has 1 aromatic carbocycles. The maximum atomic E-state index is 10.4. The zero-order chi connectivity index (χ0) is 9.40. The quantitative estimate of drug-likeness (QED) is 0.522. The molecule has 0 radical (unpaired) electrons. The minimum atomic E-state index is -0.500. The van der Waals surface area contributed by atoms with E-state index < -0.39 is 11.7 Å². The van der Waals surface area contributed by atoms with Crippen molar-refractivity contribution in [3.63, 3.8) is 0 Å². The van der Waals surface area contributed by atoms with E-state index in [1.165, 1.54) is 0 Å². The number of halogens is 2. The molecule has 0 amide bonds. The van der Waals surface area contributed by atoms with Crippen LogP contribution in [0.5, 0.6) is 0 Å². The van der Waals surface area contributed by atoms with Crippen molar-refractivity contribution < 1.29 is 14.7 Å². The SMILES string of the molecule is Cl.O=C(Cl)c1ccccc1.O=C[O-]. The Morgan fingerprint density at radius 3 is 1.92 bits per heavy atom. The molecule has 0 atom stereocenters. The molecule has 0 aliphatic rings. The van der Waals surface area contributed by atoms with Gasteiger partial charge in [-0.2, -0.15) is 0 Å². The first kappa shape index (κ1) is 14.5. The number of hydrogen-bond acceptors (Lipinski definition) is 3. The smallest absolute Gasteiger partial charge is 0.252 e. The number of hydrogen-bond donors (Lipinski definition) is 0. The molecule has 0 bridgehead atoms. The van der Waals surface area contributed by atoms with Crippen molar-refractivity contribution in [2.45, 2.75) is 0 Å². The predicted octanol–water partition coefficient (Wildman–Crippen LogP) is 0.853. The van der Waals surface area contributed by atoms with Gasteiger partial charge in [-0.1, -0.05) is 30.3 Å². The molecule has 1 aromatic rings. The van der Waals surface area contributed by atoms with Crippen LogP contribution in [0.3, 0.4) is 0 Å². The molecule has 0 fully saturated rings. The highest BCUT2D eigenvalue weighted by Crippen LogP contribution is 2.01. The van der Waals surface area contributed by atoms with E-state index in [2.05, 4.69) is 0 Å². The number of carbonyl (C=O) groups is 2. The van der Waals surface area contributed by atoms with Crippen molar-refractivity contribution in [1.82, 2.24) is 0 Å². The molecule has 13 heavy (non-hydrogen) atoms. The van der Waals surface area contributed by atoms with Crippen molar-refractivity contribution >= 4 is 35.7 Å². The van der Waals surface area contributed by atoms with Gasteiger partial charge in [0.2, 0.25) is 0 Å². The molecule has 0 aliphatic carbocycles. The van der Waals surface area contributed by atoms with Crippen LogP contribution < -0.4 is 5.11 Å². The van der Waals surface area contributed by atoms with E-state index in [4.69, 9.17) is 21.5 Å². The van der Waals surface area contributed by atoms with Crippen LogP contribution in [0.1, 0.15) is 10.4 Å². The molecule has 0 saturated carbocycles. The number of carboxylic acid groups (broad SMARTS) is 1. The molecule has 3 nitrogen and oxygen atoms in total. The van der Waals surface area contributed by atoms with Gasteiger partial charge in [0, 0.05) is 12.0 Å². The molecular formula is C8H7Cl2O3-. The van der Waals surface area contributed by atoms with Gasteiger partial charge in [-0.15, -0.1) is 12.4 Å². The maximum absolute atomic E-state index is 10.4. The highest BCUT2D eigenvalue weighted by molar-refractivity contribution is 6.67. The van der Waals surface area contributed by atoms with Crippen LogP contribution in [0.25, 0.3) is 0 Å². The molecule has 5 heteroatoms. The van der Waals surface area contributed by atoms with Crippen molar-refractivity contribution in [3.8, 4) is 0 Å². The van der Waals surface area contributed by atoms with E-state index >= 15 is 0 Å². The third kappa shape index (κ3) is 7.31. The number of carbonyl (C=O) groups excluding carboxylic acids is 2. The van der Waals surface area contributed by atoms with E-state index in [0.717, 1.165) is 0 Å². The third-order valence-corrected chi connectivity index (χ3v) is 1.22. The normalized spacial score (nSPS) is 7.15. The van der Waals surface area contributed by atoms with Gasteiger partial charge in [0.15, 0.2) is 0 Å². The van der Waals surface area contributed by atoms with Gasteiger partial charge in [-0.05, 0) is 11.6 Å². The Hall–Kier alpha value is -1.06. The fourth-order valence-corrected chi connectivity index (χ4v) is 0.695. The Balaban J connectivity index is 0. The van der Waals surface area contributed by atoms with Crippen LogP contribution in [-0.2, 0) is 4.79 Å². The van der Waals surface area contributed by atoms with E-state index in [9.17, 15) is 4.79 Å². The van der Waals surface area contributed by atoms with Crippen molar-refractivity contribution in [3.05, 3.63) is 35.9 Å². The van der Waals surface area contributed by atoms with Crippen molar-refractivity contribution in [1.29, 1.82) is 0 Å². The van der Waals surface area contributed by atoms with Gasteiger partial charge in [0.25, 0.3) is 5.24 Å². The van der Waals surface area contributed by atoms with Gasteiger partial charge in [-0.25, -0.2) is 0 Å². The first-order valence-electron chi connectivity index (χ1n) is 3.03. The summed E-state index contributed by atoms with van der Waals surface area (Å²) in [6.45, 7) is -0.500. The van der Waals surface area contributed by atoms with Gasteiger partial charge in [0.1, 0.15) is 0 Å². The van der Waals surface area contributed by atoms with Gasteiger partial charge in [-0.3, -0.25) is 4.79 Å². The molecule has 0 heterocycles. The average molecular weight is 222 g/mol. The van der Waals surface area contributed by atoms with Crippen LogP contribution >= 0.6 is 24.0 Å². The van der Waals surface area contributed by atoms with E-state index in [-0.39, 0.29) is 12.4 Å². The summed E-state index contributed by atoms with van der Waals surface area (Å²) in [7, 11) is 0. The zero-order valence-electron chi connectivity index (χ0n) is 6.48. The van der Waals surface area contributed by atoms with Crippen LogP contribution in [0, 0.1) is 0 Å². The largest absolute Gasteiger partial charge is 0.554 e. The Morgan fingerprint density at radius 2 is 1.69 bits per heavy atom. The first-order valence-corrected chi connectivity index (χ1v) is 3.40. The third-order valence-electron chi connectivity index (χ3n) is 1.00. The lowest BCUT2D eigenvalue weighted by Gasteiger charge is -1.87. The predicted molar refractivity (Wildman–Crippen MR) is 49.9 cm³/mol. The summed E-state index contributed by atoms with van der Waals surface area (Å²) in [6.07, 6.45) is 0. The Bertz CT molecular complexity index is 249. The minimum absolute atomic E-state index is 0. The Kier molecular flexibility index (Phi) is 10.0. The van der Waals surface area contributed by atoms with Crippen LogP contribution in [0.2, 0.25) is 0 Å². The standard InChI is InChI=1S/C7H5ClO.CH2O2.ClH/c8-7(9)6-4-2-1-3-5-6;2-1-3;/h1-5H;1H,(H,2,3);1H/p-1. The van der Waals surface area contributed by atoms with Crippen LogP contribution in [0.4, 0.5) is 0 Å². The summed E-state index contributed by atoms with van der Waals surface area (Å²) in [5.41, 5.74) is 0.541. The fourth-order valence-electron chi connectivity index (χ4n) is 0.569. The van der Waals surface area contributed by atoms with Crippen LogP contribution in [0.15, 0.2) is 30.3 Å². The number of benzene rings is 1. The summed E-state index contributed by atoms with van der Waals surface area (Å²) in [5.74, 6) is 0. The topological polar surface area (TPSA) is 57.2 Å². The Labute approximate surface area is 86.7 Å². The lowest BCUT2D eigenvalue weighted by atomic mass is 10.2. The molecule has 0 saturated heterocycles. The monoisotopic (exact) mass is 221 g/mol. The molecule has 0 unspecified atom stereocenters. The summed E-state index contributed by atoms with van der Waals surface area (Å²) in [6, 6.07) is 8.74. The van der Waals surface area contributed by atoms with Crippen LogP contribution in [-0.4, -0.2) is 11.7 Å². The molecule has 72 valence electrons. The summed E-state index contributed by atoms with van der Waals surface area (Å²) >= 11 is 5.16. The second kappa shape index (κ2) is 9.03. The molecule has 0 spiro atoms. The lowest BCUT2D eigenvalue weighted by molar-refractivity contribution is -0.283. The van der Waals surface area contributed by atoms with Gasteiger partial charge >= 0.3 is 0 Å². The Morgan fingerprint density at radius 1 is 1.31 bits per heavy atom. The van der Waals surface area contributed by atoms with Crippen molar-refractivity contribution in [2.24, 2.45) is 0 Å². The highest BCUT2D eigenvalue weighted by atomic mass is 35.5. The summed E-state index contributed by atoms with van der Waals surface area (Å²) < 4.78 is 0. The first-order chi connectivity index (χ1) is 5.72. The fraction of sp³-hybridized carbons (Fsp3) is 0. The summed E-state index contributed by atoms with van der Waals surface area (Å²) in [4.78, 5) is 18.7. The van der Waals surface area contributed by atoms with E-state index in [1.807, 2.05) is 6.07 Å². The molecular weight excluding hydrogens is 215 g/mol. The molecule has 1 rings (SSSR count). The summed E-state index contributed by atoms with van der Waals surface area (Å²) in [5, 5.41) is 7.84. The minimum Gasteiger partial charge on any atom is -0.554 e. The molecule has 0 N–H and O–H groups in total. The second-order valence-electron chi connectivity index (χ2n) is 1.74. The molecule has 0 aromatic heterocycles. The van der Waals surface area contributed by atoms with E-state index in [0.29, 0.717) is 5.56 Å². The molecule has 0 aliphatic heterocycles. The van der Waals surface area contributed by atoms with E-state index in [1.54, 1.807) is 24.3 Å². The average Bonchev–Trinajstić information content (AvgIpc) is 2.07. The highest BCUT2D eigenvalue weighted by Gasteiger charge is 1.95. The van der Waals surface area contributed by atoms with Crippen molar-refractivity contribution in [2.75, 3.05) is 0 Å². The zero-order valence-corrected chi connectivity index (χ0v) is 8.05. The van der Waals surface area contributed by atoms with Gasteiger partial charge < -0.3 is 9.90 Å².